The van der Waals surface area contributed by atoms with Gasteiger partial charge in [0.25, 0.3) is 0 Å². The van der Waals surface area contributed by atoms with E-state index in [1.807, 2.05) is 6.92 Å². The zero-order valence-electron chi connectivity index (χ0n) is 16.9. The van der Waals surface area contributed by atoms with Gasteiger partial charge in [-0.15, -0.1) is 0 Å². The quantitative estimate of drug-likeness (QED) is 0.278. The predicted molar refractivity (Wildman–Crippen MR) is 99.4 cm³/mol. The minimum atomic E-state index is -0.0809. The molecule has 5 nitrogen and oxygen atoms in total. The fourth-order valence-corrected chi connectivity index (χ4v) is 6.87. The Morgan fingerprint density at radius 1 is 1.00 bits per heavy atom. The summed E-state index contributed by atoms with van der Waals surface area (Å²) in [6.07, 6.45) is 5.87. The van der Waals surface area contributed by atoms with Gasteiger partial charge in [-0.1, -0.05) is 13.8 Å². The van der Waals surface area contributed by atoms with E-state index in [0.29, 0.717) is 48.5 Å². The molecule has 4 fully saturated rings. The second-order valence-electron chi connectivity index (χ2n) is 9.59. The molecule has 0 saturated heterocycles. The zero-order valence-corrected chi connectivity index (χ0v) is 16.9. The van der Waals surface area contributed by atoms with Gasteiger partial charge < -0.3 is 14.2 Å². The number of carbonyl (C=O) groups is 2. The average molecular weight is 379 g/mol. The van der Waals surface area contributed by atoms with Crippen molar-refractivity contribution >= 4 is 11.9 Å². The Morgan fingerprint density at radius 2 is 1.74 bits per heavy atom. The number of esters is 2. The van der Waals surface area contributed by atoms with Gasteiger partial charge in [0.1, 0.15) is 6.10 Å². The van der Waals surface area contributed by atoms with Crippen LogP contribution in [0.5, 0.6) is 0 Å². The van der Waals surface area contributed by atoms with E-state index in [9.17, 15) is 9.59 Å². The van der Waals surface area contributed by atoms with E-state index in [4.69, 9.17) is 14.2 Å². The number of rotatable bonds is 8. The molecule has 8 unspecified atom stereocenters. The fraction of sp³-hybridized carbons (Fsp3) is 0.909. The lowest BCUT2D eigenvalue weighted by atomic mass is 9.67. The first kappa shape index (κ1) is 19.2. The van der Waals surface area contributed by atoms with Gasteiger partial charge >= 0.3 is 11.9 Å². The third kappa shape index (κ3) is 3.52. The lowest BCUT2D eigenvalue weighted by molar-refractivity contribution is -0.166. The van der Waals surface area contributed by atoms with Crippen molar-refractivity contribution in [3.05, 3.63) is 0 Å². The number of fused-ring (bicyclic) bond motifs is 9. The molecule has 0 radical (unpaired) electrons. The molecule has 4 aliphatic carbocycles. The summed E-state index contributed by atoms with van der Waals surface area (Å²) < 4.78 is 16.4. The van der Waals surface area contributed by atoms with Crippen molar-refractivity contribution < 1.29 is 23.8 Å². The largest absolute Gasteiger partial charge is 0.462 e. The third-order valence-corrected chi connectivity index (χ3v) is 7.76. The number of hydrogen-bond acceptors (Lipinski definition) is 5. The Morgan fingerprint density at radius 3 is 2.48 bits per heavy atom. The number of ether oxygens (including phenoxy) is 3. The van der Waals surface area contributed by atoms with E-state index >= 15 is 0 Å². The van der Waals surface area contributed by atoms with Crippen molar-refractivity contribution in [3.8, 4) is 0 Å². The average Bonchev–Trinajstić information content (AvgIpc) is 3.37. The first-order valence-corrected chi connectivity index (χ1v) is 10.9. The predicted octanol–water partition coefficient (Wildman–Crippen LogP) is 3.80. The minimum absolute atomic E-state index is 0.0216. The van der Waals surface area contributed by atoms with Crippen LogP contribution in [-0.2, 0) is 23.8 Å². The highest BCUT2D eigenvalue weighted by Gasteiger charge is 2.66. The highest BCUT2D eigenvalue weighted by molar-refractivity contribution is 5.73. The number of hydrogen-bond donors (Lipinski definition) is 0. The molecule has 4 saturated carbocycles. The Labute approximate surface area is 162 Å². The summed E-state index contributed by atoms with van der Waals surface area (Å²) in [4.78, 5) is 24.8. The van der Waals surface area contributed by atoms with Gasteiger partial charge in [0.15, 0.2) is 6.79 Å². The maximum absolute atomic E-state index is 12.5. The molecule has 4 rings (SSSR count). The standard InChI is InChI=1S/C22H34O5/c1-4-25-11-26-22(24)16-8-13-7-15(16)21-17-9-14(20(13)21)10-18(17)27-19(23)6-5-12(2)3/h12-18,20-21H,4-11H2,1-3H3. The summed E-state index contributed by atoms with van der Waals surface area (Å²) >= 11 is 0. The monoisotopic (exact) mass is 378 g/mol. The summed E-state index contributed by atoms with van der Waals surface area (Å²) in [5.41, 5.74) is 0. The van der Waals surface area contributed by atoms with Gasteiger partial charge in [0.2, 0.25) is 0 Å². The highest BCUT2D eigenvalue weighted by Crippen LogP contribution is 2.69. The fourth-order valence-electron chi connectivity index (χ4n) is 6.87. The molecule has 0 aromatic heterocycles. The first-order chi connectivity index (χ1) is 13.0. The van der Waals surface area contributed by atoms with Crippen LogP contribution in [0.2, 0.25) is 0 Å². The molecule has 8 atom stereocenters. The van der Waals surface area contributed by atoms with Crippen LogP contribution in [0.15, 0.2) is 0 Å². The Bertz CT molecular complexity index is 573. The van der Waals surface area contributed by atoms with E-state index < -0.39 is 0 Å². The van der Waals surface area contributed by atoms with E-state index in [1.165, 1.54) is 6.42 Å². The van der Waals surface area contributed by atoms with Crippen LogP contribution in [0.25, 0.3) is 0 Å². The topological polar surface area (TPSA) is 61.8 Å². The van der Waals surface area contributed by atoms with Crippen molar-refractivity contribution in [2.75, 3.05) is 13.4 Å². The second kappa shape index (κ2) is 7.73. The molecule has 0 heterocycles. The molecule has 0 spiro atoms. The summed E-state index contributed by atoms with van der Waals surface area (Å²) in [6, 6.07) is 0. The van der Waals surface area contributed by atoms with Gasteiger partial charge in [-0.2, -0.15) is 0 Å². The van der Waals surface area contributed by atoms with Gasteiger partial charge in [0, 0.05) is 13.0 Å². The normalized spacial score (nSPS) is 41.2. The molecule has 5 heteroatoms. The van der Waals surface area contributed by atoms with E-state index in [2.05, 4.69) is 13.8 Å². The third-order valence-electron chi connectivity index (χ3n) is 7.76. The number of carbonyl (C=O) groups excluding carboxylic acids is 2. The molecule has 0 aromatic carbocycles. The first-order valence-electron chi connectivity index (χ1n) is 10.9. The van der Waals surface area contributed by atoms with Crippen LogP contribution in [0.3, 0.4) is 0 Å². The van der Waals surface area contributed by atoms with Crippen molar-refractivity contribution in [2.45, 2.75) is 65.4 Å². The smallest absolute Gasteiger partial charge is 0.311 e. The lowest BCUT2D eigenvalue weighted by Crippen LogP contribution is -2.41. The molecule has 4 aliphatic rings. The van der Waals surface area contributed by atoms with Crippen LogP contribution in [0.4, 0.5) is 0 Å². The summed E-state index contributed by atoms with van der Waals surface area (Å²) in [7, 11) is 0. The maximum atomic E-state index is 12.5. The summed E-state index contributed by atoms with van der Waals surface area (Å²) in [5.74, 6) is 3.97. The summed E-state index contributed by atoms with van der Waals surface area (Å²) in [5, 5.41) is 0. The zero-order chi connectivity index (χ0) is 19.1. The molecule has 4 bridgehead atoms. The lowest BCUT2D eigenvalue weighted by Gasteiger charge is -2.40. The van der Waals surface area contributed by atoms with E-state index in [-0.39, 0.29) is 30.8 Å². The summed E-state index contributed by atoms with van der Waals surface area (Å²) in [6.45, 7) is 6.79. The Hall–Kier alpha value is -1.10. The van der Waals surface area contributed by atoms with Crippen molar-refractivity contribution in [1.82, 2.24) is 0 Å². The maximum Gasteiger partial charge on any atom is 0.311 e. The molecule has 27 heavy (non-hydrogen) atoms. The Kier molecular flexibility index (Phi) is 5.50. The van der Waals surface area contributed by atoms with Crippen LogP contribution >= 0.6 is 0 Å². The minimum Gasteiger partial charge on any atom is -0.462 e. The molecular formula is C22H34O5. The second-order valence-corrected chi connectivity index (χ2v) is 9.59. The van der Waals surface area contributed by atoms with Crippen LogP contribution < -0.4 is 0 Å². The van der Waals surface area contributed by atoms with Crippen LogP contribution in [0, 0.1) is 47.3 Å². The molecule has 0 N–H and O–H groups in total. The molecule has 0 amide bonds. The van der Waals surface area contributed by atoms with Gasteiger partial charge in [-0.25, -0.2) is 0 Å². The Balaban J connectivity index is 1.36. The van der Waals surface area contributed by atoms with Crippen LogP contribution in [-0.4, -0.2) is 31.4 Å². The molecular weight excluding hydrogens is 344 g/mol. The van der Waals surface area contributed by atoms with Gasteiger partial charge in [-0.05, 0) is 80.5 Å². The van der Waals surface area contributed by atoms with E-state index in [1.54, 1.807) is 0 Å². The van der Waals surface area contributed by atoms with Crippen molar-refractivity contribution in [1.29, 1.82) is 0 Å². The van der Waals surface area contributed by atoms with Gasteiger partial charge in [-0.3, -0.25) is 9.59 Å². The highest BCUT2D eigenvalue weighted by atomic mass is 16.7. The van der Waals surface area contributed by atoms with E-state index in [0.717, 1.165) is 31.6 Å². The molecule has 0 aliphatic heterocycles. The molecule has 152 valence electrons. The molecule has 0 aromatic rings. The van der Waals surface area contributed by atoms with Crippen molar-refractivity contribution in [2.24, 2.45) is 47.3 Å². The van der Waals surface area contributed by atoms with Crippen LogP contribution in [0.1, 0.15) is 59.3 Å². The van der Waals surface area contributed by atoms with Gasteiger partial charge in [0.05, 0.1) is 5.92 Å². The van der Waals surface area contributed by atoms with Crippen molar-refractivity contribution in [3.63, 3.8) is 0 Å². The SMILES string of the molecule is CCOCOC(=O)C1CC2CC1C1C3CC(CC3OC(=O)CCC(C)C)C21.